The van der Waals surface area contributed by atoms with Crippen LogP contribution in [-0.4, -0.2) is 28.4 Å². The molecule has 1 spiro atoms. The number of carbonyl (C=O) groups excluding carboxylic acids is 1. The normalized spacial score (nSPS) is 24.1. The molecule has 0 aromatic carbocycles. The van der Waals surface area contributed by atoms with Crippen LogP contribution in [0.4, 0.5) is 0 Å². The molecule has 106 valence electrons. The third-order valence-corrected chi connectivity index (χ3v) is 5.46. The van der Waals surface area contributed by atoms with Crippen LogP contribution in [0, 0.1) is 11.3 Å². The maximum Gasteiger partial charge on any atom is 0.224 e. The van der Waals surface area contributed by atoms with E-state index in [-0.39, 0.29) is 11.8 Å². The third kappa shape index (κ3) is 2.03. The first kappa shape index (κ1) is 12.3. The Labute approximate surface area is 121 Å². The Kier molecular flexibility index (Phi) is 2.82. The van der Waals surface area contributed by atoms with E-state index < -0.39 is 0 Å². The van der Waals surface area contributed by atoms with Gasteiger partial charge < -0.3 is 10.6 Å². The van der Waals surface area contributed by atoms with E-state index in [1.165, 1.54) is 0 Å². The summed E-state index contributed by atoms with van der Waals surface area (Å²) in [6.45, 7) is 2.65. The number of amides is 1. The van der Waals surface area contributed by atoms with Crippen molar-refractivity contribution in [2.24, 2.45) is 11.3 Å². The van der Waals surface area contributed by atoms with E-state index in [0.717, 1.165) is 43.0 Å². The van der Waals surface area contributed by atoms with Gasteiger partial charge in [-0.05, 0) is 37.8 Å². The molecule has 3 heterocycles. The molecular formula is C14H18N4OS. The molecule has 1 atom stereocenters. The van der Waals surface area contributed by atoms with Gasteiger partial charge in [0.1, 0.15) is 0 Å². The van der Waals surface area contributed by atoms with E-state index in [1.54, 1.807) is 11.3 Å². The first-order valence-corrected chi connectivity index (χ1v) is 8.04. The zero-order valence-electron chi connectivity index (χ0n) is 11.3. The van der Waals surface area contributed by atoms with Crippen LogP contribution in [0.1, 0.15) is 25.0 Å². The molecule has 2 aromatic heterocycles. The van der Waals surface area contributed by atoms with Gasteiger partial charge in [0.2, 0.25) is 5.91 Å². The fourth-order valence-corrected chi connectivity index (χ4v) is 4.08. The van der Waals surface area contributed by atoms with Crippen molar-refractivity contribution in [2.75, 3.05) is 13.1 Å². The topological polar surface area (TPSA) is 58.4 Å². The second-order valence-corrected chi connectivity index (χ2v) is 6.78. The average molecular weight is 290 g/mol. The number of thiazole rings is 1. The largest absolute Gasteiger partial charge is 0.350 e. The van der Waals surface area contributed by atoms with Crippen molar-refractivity contribution >= 4 is 22.2 Å². The van der Waals surface area contributed by atoms with Gasteiger partial charge in [-0.1, -0.05) is 0 Å². The summed E-state index contributed by atoms with van der Waals surface area (Å²) in [5, 5.41) is 8.43. The molecule has 20 heavy (non-hydrogen) atoms. The number of rotatable bonds is 3. The highest BCUT2D eigenvalue weighted by Gasteiger charge is 2.57. The molecule has 2 aromatic rings. The predicted octanol–water partition coefficient (Wildman–Crippen LogP) is 1.40. The van der Waals surface area contributed by atoms with E-state index >= 15 is 0 Å². The van der Waals surface area contributed by atoms with Gasteiger partial charge in [0, 0.05) is 23.7 Å². The second-order valence-electron chi connectivity index (χ2n) is 5.91. The molecule has 1 aliphatic carbocycles. The molecule has 0 bridgehead atoms. The molecule has 4 rings (SSSR count). The van der Waals surface area contributed by atoms with Crippen LogP contribution >= 0.6 is 11.3 Å². The maximum absolute atomic E-state index is 12.2. The summed E-state index contributed by atoms with van der Waals surface area (Å²) in [7, 11) is 0. The Balaban J connectivity index is 1.35. The van der Waals surface area contributed by atoms with Gasteiger partial charge in [-0.15, -0.1) is 11.3 Å². The SMILES string of the molecule is O=C(NCc1cn2ccsc2n1)C1CC12CCNCC2. The average Bonchev–Trinajstić information content (AvgIpc) is 2.82. The number of carbonyl (C=O) groups is 1. The molecule has 1 aliphatic heterocycles. The molecule has 1 saturated heterocycles. The second kappa shape index (κ2) is 4.56. The fourth-order valence-electron chi connectivity index (χ4n) is 3.36. The number of nitrogens with one attached hydrogen (secondary N) is 2. The molecule has 1 unspecified atom stereocenters. The molecular weight excluding hydrogens is 272 g/mol. The summed E-state index contributed by atoms with van der Waals surface area (Å²) in [6.07, 6.45) is 7.33. The zero-order valence-corrected chi connectivity index (χ0v) is 12.1. The Bertz CT molecular complexity index is 612. The molecule has 0 radical (unpaired) electrons. The number of nitrogens with zero attached hydrogens (tertiary/aromatic N) is 2. The lowest BCUT2D eigenvalue weighted by molar-refractivity contribution is -0.123. The van der Waals surface area contributed by atoms with Gasteiger partial charge >= 0.3 is 0 Å². The first-order valence-electron chi connectivity index (χ1n) is 7.16. The van der Waals surface area contributed by atoms with Crippen molar-refractivity contribution in [1.82, 2.24) is 20.0 Å². The van der Waals surface area contributed by atoms with Gasteiger partial charge in [0.05, 0.1) is 12.2 Å². The number of fused-ring (bicyclic) bond motifs is 1. The van der Waals surface area contributed by atoms with E-state index in [0.29, 0.717) is 12.0 Å². The van der Waals surface area contributed by atoms with E-state index in [4.69, 9.17) is 0 Å². The number of hydrogen-bond donors (Lipinski definition) is 2. The summed E-state index contributed by atoms with van der Waals surface area (Å²) in [5.41, 5.74) is 1.24. The summed E-state index contributed by atoms with van der Waals surface area (Å²) in [5.74, 6) is 0.441. The van der Waals surface area contributed by atoms with Crippen molar-refractivity contribution in [3.63, 3.8) is 0 Å². The Morgan fingerprint density at radius 1 is 1.55 bits per heavy atom. The summed E-state index contributed by atoms with van der Waals surface area (Å²) in [4.78, 5) is 17.7. The predicted molar refractivity (Wildman–Crippen MR) is 77.6 cm³/mol. The van der Waals surface area contributed by atoms with E-state index in [2.05, 4.69) is 15.6 Å². The van der Waals surface area contributed by atoms with Crippen LogP contribution in [0.2, 0.25) is 0 Å². The van der Waals surface area contributed by atoms with Crippen molar-refractivity contribution in [1.29, 1.82) is 0 Å². The first-order chi connectivity index (χ1) is 9.77. The lowest BCUT2D eigenvalue weighted by Gasteiger charge is -2.23. The van der Waals surface area contributed by atoms with Crippen molar-refractivity contribution in [3.8, 4) is 0 Å². The summed E-state index contributed by atoms with van der Waals surface area (Å²) < 4.78 is 2.00. The van der Waals surface area contributed by atoms with Crippen LogP contribution in [0.15, 0.2) is 17.8 Å². The standard InChI is InChI=1S/C14H18N4OS/c19-12(11-7-14(11)1-3-15-4-2-14)16-8-10-9-18-5-6-20-13(18)17-10/h5-6,9,11,15H,1-4,7-8H2,(H,16,19). The number of aromatic nitrogens is 2. The van der Waals surface area contributed by atoms with Gasteiger partial charge in [0.15, 0.2) is 4.96 Å². The Morgan fingerprint density at radius 3 is 3.20 bits per heavy atom. The van der Waals surface area contributed by atoms with Crippen LogP contribution in [0.25, 0.3) is 4.96 Å². The molecule has 1 saturated carbocycles. The minimum Gasteiger partial charge on any atom is -0.350 e. The molecule has 2 aliphatic rings. The van der Waals surface area contributed by atoms with E-state index in [9.17, 15) is 4.79 Å². The zero-order chi connectivity index (χ0) is 13.6. The number of hydrogen-bond acceptors (Lipinski definition) is 4. The van der Waals surface area contributed by atoms with E-state index in [1.807, 2.05) is 22.2 Å². The van der Waals surface area contributed by atoms with Crippen LogP contribution < -0.4 is 10.6 Å². The molecule has 2 fully saturated rings. The van der Waals surface area contributed by atoms with Crippen molar-refractivity contribution in [2.45, 2.75) is 25.8 Å². The molecule has 1 amide bonds. The summed E-state index contributed by atoms with van der Waals surface area (Å²) >= 11 is 1.61. The number of piperidine rings is 1. The minimum atomic E-state index is 0.211. The highest BCUT2D eigenvalue weighted by Crippen LogP contribution is 2.58. The number of imidazole rings is 1. The lowest BCUT2D eigenvalue weighted by atomic mass is 9.92. The van der Waals surface area contributed by atoms with Crippen LogP contribution in [0.3, 0.4) is 0 Å². The third-order valence-electron chi connectivity index (χ3n) is 4.69. The van der Waals surface area contributed by atoms with Crippen molar-refractivity contribution in [3.05, 3.63) is 23.5 Å². The van der Waals surface area contributed by atoms with Gasteiger partial charge in [-0.2, -0.15) is 0 Å². The molecule has 5 nitrogen and oxygen atoms in total. The van der Waals surface area contributed by atoms with Gasteiger partial charge in [-0.25, -0.2) is 4.98 Å². The summed E-state index contributed by atoms with van der Waals surface area (Å²) in [6, 6.07) is 0. The monoisotopic (exact) mass is 290 g/mol. The smallest absolute Gasteiger partial charge is 0.224 e. The van der Waals surface area contributed by atoms with Gasteiger partial charge in [0.25, 0.3) is 0 Å². The maximum atomic E-state index is 12.2. The lowest BCUT2D eigenvalue weighted by Crippen LogP contribution is -2.33. The Hall–Kier alpha value is -1.40. The van der Waals surface area contributed by atoms with Crippen molar-refractivity contribution < 1.29 is 4.79 Å². The van der Waals surface area contributed by atoms with Gasteiger partial charge in [-0.3, -0.25) is 9.20 Å². The Morgan fingerprint density at radius 2 is 2.40 bits per heavy atom. The quantitative estimate of drug-likeness (QED) is 0.898. The van der Waals surface area contributed by atoms with Crippen LogP contribution in [0.5, 0.6) is 0 Å². The highest BCUT2D eigenvalue weighted by molar-refractivity contribution is 7.15. The highest BCUT2D eigenvalue weighted by atomic mass is 32.1. The molecule has 6 heteroatoms. The molecule has 2 N–H and O–H groups in total. The van der Waals surface area contributed by atoms with Crippen LogP contribution in [-0.2, 0) is 11.3 Å². The fraction of sp³-hybridized carbons (Fsp3) is 0.571. The minimum absolute atomic E-state index is 0.211.